The van der Waals surface area contributed by atoms with Crippen LogP contribution < -0.4 is 10.9 Å². The van der Waals surface area contributed by atoms with E-state index in [2.05, 4.69) is 10.3 Å². The molecule has 4 rings (SSSR count). The second-order valence-electron chi connectivity index (χ2n) is 6.24. The van der Waals surface area contributed by atoms with E-state index in [-0.39, 0.29) is 11.6 Å². The fourth-order valence-electron chi connectivity index (χ4n) is 2.86. The van der Waals surface area contributed by atoms with Crippen molar-refractivity contribution in [2.24, 2.45) is 0 Å². The molecule has 3 aromatic heterocycles. The Morgan fingerprint density at radius 1 is 1.25 bits per heavy atom. The lowest BCUT2D eigenvalue weighted by molar-refractivity contribution is 0.570. The molecule has 0 fully saturated rings. The third kappa shape index (κ3) is 4.34. The number of halogens is 1. The van der Waals surface area contributed by atoms with E-state index in [1.54, 1.807) is 23.1 Å². The quantitative estimate of drug-likeness (QED) is 0.277. The van der Waals surface area contributed by atoms with Crippen molar-refractivity contribution >= 4 is 56.3 Å². The number of hydrogen-bond acceptors (Lipinski definition) is 6. The molecule has 3 heterocycles. The third-order valence-corrected chi connectivity index (χ3v) is 7.34. The Hall–Kier alpha value is -1.64. The Morgan fingerprint density at radius 3 is 2.82 bits per heavy atom. The van der Waals surface area contributed by atoms with E-state index in [4.69, 9.17) is 16.6 Å². The summed E-state index contributed by atoms with van der Waals surface area (Å²) in [4.78, 5) is 23.4. The molecule has 1 aromatic carbocycles. The molecule has 4 nitrogen and oxygen atoms in total. The van der Waals surface area contributed by atoms with Crippen LogP contribution in [-0.2, 0) is 0 Å². The molecule has 144 valence electrons. The molecule has 0 spiro atoms. The highest BCUT2D eigenvalue weighted by Crippen LogP contribution is 2.33. The lowest BCUT2D eigenvalue weighted by Crippen LogP contribution is -2.25. The van der Waals surface area contributed by atoms with Crippen molar-refractivity contribution in [2.75, 3.05) is 12.3 Å². The maximum absolute atomic E-state index is 12.7. The van der Waals surface area contributed by atoms with E-state index in [9.17, 15) is 4.79 Å². The maximum Gasteiger partial charge on any atom is 0.260 e. The number of H-pyrrole nitrogens is 1. The summed E-state index contributed by atoms with van der Waals surface area (Å²) < 4.78 is 0. The number of benzene rings is 1. The molecule has 0 aliphatic carbocycles. The van der Waals surface area contributed by atoms with Crippen LogP contribution in [0.15, 0.2) is 56.8 Å². The predicted octanol–water partition coefficient (Wildman–Crippen LogP) is 5.81. The van der Waals surface area contributed by atoms with Gasteiger partial charge in [0.05, 0.1) is 11.4 Å². The van der Waals surface area contributed by atoms with Crippen LogP contribution in [-0.4, -0.2) is 22.3 Å². The first-order valence-electron chi connectivity index (χ1n) is 8.79. The van der Waals surface area contributed by atoms with Crippen molar-refractivity contribution in [3.63, 3.8) is 0 Å². The minimum atomic E-state index is -0.0751. The molecule has 1 atom stereocenters. The number of aromatic amines is 1. The first-order chi connectivity index (χ1) is 13.6. The molecule has 0 saturated heterocycles. The molecular formula is C20H18ClN3OS3. The molecule has 0 aliphatic rings. The van der Waals surface area contributed by atoms with Crippen LogP contribution in [0, 0.1) is 0 Å². The van der Waals surface area contributed by atoms with Gasteiger partial charge in [-0.3, -0.25) is 4.79 Å². The number of thiophene rings is 2. The number of hydrogen-bond donors (Lipinski definition) is 2. The predicted molar refractivity (Wildman–Crippen MR) is 122 cm³/mol. The lowest BCUT2D eigenvalue weighted by Gasteiger charge is -2.13. The number of rotatable bonds is 7. The van der Waals surface area contributed by atoms with Crippen molar-refractivity contribution in [3.8, 4) is 10.4 Å². The van der Waals surface area contributed by atoms with Crippen LogP contribution in [0.4, 0.5) is 0 Å². The topological polar surface area (TPSA) is 57.8 Å². The summed E-state index contributed by atoms with van der Waals surface area (Å²) in [5.74, 6) is 1.59. The zero-order chi connectivity index (χ0) is 19.5. The molecule has 8 heteroatoms. The average Bonchev–Trinajstić information content (AvgIpc) is 3.36. The van der Waals surface area contributed by atoms with Crippen LogP contribution in [0.3, 0.4) is 0 Å². The summed E-state index contributed by atoms with van der Waals surface area (Å²) in [5.41, 5.74) is 0.893. The normalized spacial score (nSPS) is 12.5. The highest BCUT2D eigenvalue weighted by molar-refractivity contribution is 7.99. The zero-order valence-electron chi connectivity index (χ0n) is 15.1. The van der Waals surface area contributed by atoms with Gasteiger partial charge in [0.15, 0.2) is 0 Å². The monoisotopic (exact) mass is 447 g/mol. The molecule has 0 radical (unpaired) electrons. The molecule has 1 unspecified atom stereocenters. The summed E-state index contributed by atoms with van der Waals surface area (Å²) >= 11 is 10.8. The molecular weight excluding hydrogens is 430 g/mol. The highest BCUT2D eigenvalue weighted by Gasteiger charge is 2.16. The van der Waals surface area contributed by atoms with Crippen LogP contribution in [0.1, 0.15) is 18.8 Å². The Morgan fingerprint density at radius 2 is 2.07 bits per heavy atom. The van der Waals surface area contributed by atoms with Gasteiger partial charge in [0.1, 0.15) is 10.7 Å². The van der Waals surface area contributed by atoms with E-state index in [1.807, 2.05) is 54.1 Å². The van der Waals surface area contributed by atoms with Gasteiger partial charge >= 0.3 is 0 Å². The van der Waals surface area contributed by atoms with E-state index < -0.39 is 0 Å². The number of nitrogens with one attached hydrogen (secondary N) is 2. The molecule has 28 heavy (non-hydrogen) atoms. The van der Waals surface area contributed by atoms with Crippen molar-refractivity contribution in [2.45, 2.75) is 17.9 Å². The summed E-state index contributed by atoms with van der Waals surface area (Å²) in [5, 5.41) is 8.90. The van der Waals surface area contributed by atoms with Gasteiger partial charge in [-0.25, -0.2) is 4.98 Å². The van der Waals surface area contributed by atoms with Gasteiger partial charge in [0, 0.05) is 38.0 Å². The second-order valence-corrected chi connectivity index (χ2v) is 9.65. The van der Waals surface area contributed by atoms with Gasteiger partial charge in [-0.2, -0.15) is 0 Å². The number of thioether (sulfide) groups is 1. The van der Waals surface area contributed by atoms with Crippen LogP contribution in [0.5, 0.6) is 0 Å². The standard InChI is InChI=1S/C20H18ClN3OS3/c1-12(22-8-10-26-14-6-4-13(21)5-7-14)18-23-19(25)17-15(11-28-20(17)24-18)16-3-2-9-27-16/h2-7,9,11-12,22H,8,10H2,1H3,(H,23,24,25). The van der Waals surface area contributed by atoms with E-state index in [0.717, 1.165) is 32.6 Å². The molecule has 4 aromatic rings. The Bertz CT molecular complexity index is 1120. The lowest BCUT2D eigenvalue weighted by atomic mass is 10.2. The molecule has 0 amide bonds. The maximum atomic E-state index is 12.7. The fourth-order valence-corrected chi connectivity index (χ4v) is 5.54. The van der Waals surface area contributed by atoms with Crippen molar-refractivity contribution in [1.29, 1.82) is 0 Å². The Kier molecular flexibility index (Phi) is 6.18. The van der Waals surface area contributed by atoms with Gasteiger partial charge in [-0.05, 0) is 42.6 Å². The van der Waals surface area contributed by atoms with Crippen molar-refractivity contribution < 1.29 is 0 Å². The van der Waals surface area contributed by atoms with Crippen molar-refractivity contribution in [3.05, 3.63) is 68.4 Å². The summed E-state index contributed by atoms with van der Waals surface area (Å²) in [6.07, 6.45) is 0. The largest absolute Gasteiger partial charge is 0.309 e. The number of aromatic nitrogens is 2. The Balaban J connectivity index is 1.42. The average molecular weight is 448 g/mol. The van der Waals surface area contributed by atoms with Gasteiger partial charge < -0.3 is 10.3 Å². The van der Waals surface area contributed by atoms with E-state index in [1.165, 1.54) is 16.2 Å². The van der Waals surface area contributed by atoms with Crippen LogP contribution in [0.2, 0.25) is 5.02 Å². The third-order valence-electron chi connectivity index (χ3n) is 4.29. The molecule has 0 saturated carbocycles. The van der Waals surface area contributed by atoms with E-state index >= 15 is 0 Å². The fraction of sp³-hybridized carbons (Fsp3) is 0.200. The zero-order valence-corrected chi connectivity index (χ0v) is 18.3. The minimum absolute atomic E-state index is 0.0322. The summed E-state index contributed by atoms with van der Waals surface area (Å²) in [6, 6.07) is 11.8. The molecule has 2 N–H and O–H groups in total. The smallest absolute Gasteiger partial charge is 0.260 e. The molecule has 0 bridgehead atoms. The Labute approximate surface area is 180 Å². The minimum Gasteiger partial charge on any atom is -0.309 e. The van der Waals surface area contributed by atoms with Gasteiger partial charge in [-0.1, -0.05) is 17.7 Å². The first-order valence-corrected chi connectivity index (χ1v) is 11.9. The first kappa shape index (κ1) is 19.7. The second kappa shape index (κ2) is 8.80. The number of fused-ring (bicyclic) bond motifs is 1. The highest BCUT2D eigenvalue weighted by atomic mass is 35.5. The number of nitrogens with zero attached hydrogens (tertiary/aromatic N) is 1. The summed E-state index contributed by atoms with van der Waals surface area (Å²) in [6.45, 7) is 2.83. The van der Waals surface area contributed by atoms with Gasteiger partial charge in [0.25, 0.3) is 5.56 Å². The van der Waals surface area contributed by atoms with Crippen LogP contribution in [0.25, 0.3) is 20.7 Å². The summed E-state index contributed by atoms with van der Waals surface area (Å²) in [7, 11) is 0. The van der Waals surface area contributed by atoms with E-state index in [0.29, 0.717) is 11.2 Å². The van der Waals surface area contributed by atoms with Gasteiger partial charge in [-0.15, -0.1) is 34.4 Å². The van der Waals surface area contributed by atoms with Crippen molar-refractivity contribution in [1.82, 2.24) is 15.3 Å². The van der Waals surface area contributed by atoms with Crippen LogP contribution >= 0.6 is 46.0 Å². The molecule has 0 aliphatic heterocycles. The SMILES string of the molecule is CC(NCCSc1ccc(Cl)cc1)c1nc2scc(-c3cccs3)c2c(=O)[nH]1. The van der Waals surface area contributed by atoms with Gasteiger partial charge in [0.2, 0.25) is 0 Å².